The molecule has 0 aliphatic carbocycles. The van der Waals surface area contributed by atoms with Gasteiger partial charge in [0.25, 0.3) is 0 Å². The van der Waals surface area contributed by atoms with Crippen molar-refractivity contribution in [3.8, 4) is 0 Å². The Morgan fingerprint density at radius 2 is 0.857 bits per heavy atom. The Hall–Kier alpha value is -0.0400. The number of hydrogen-bond donors (Lipinski definition) is 1. The fourth-order valence-electron chi connectivity index (χ4n) is 3.31. The van der Waals surface area contributed by atoms with Crippen LogP contribution in [-0.2, 0) is 0 Å². The van der Waals surface area contributed by atoms with E-state index < -0.39 is 0 Å². The van der Waals surface area contributed by atoms with E-state index in [4.69, 9.17) is 0 Å². The van der Waals surface area contributed by atoms with Gasteiger partial charge in [0, 0.05) is 0 Å². The second-order valence-electron chi connectivity index (χ2n) is 7.01. The van der Waals surface area contributed by atoms with Crippen LogP contribution in [0.3, 0.4) is 0 Å². The molecule has 0 rings (SSSR count). The van der Waals surface area contributed by atoms with E-state index in [2.05, 4.69) is 20.8 Å². The molecule has 0 amide bonds. The first-order chi connectivity index (χ1) is 10.2. The molecule has 0 bridgehead atoms. The summed E-state index contributed by atoms with van der Waals surface area (Å²) in [5, 5.41) is 10.8. The molecule has 0 unspecified atom stereocenters. The van der Waals surface area contributed by atoms with Crippen molar-refractivity contribution in [3.63, 3.8) is 0 Å². The first-order valence-electron chi connectivity index (χ1n) is 9.91. The molecule has 0 atom stereocenters. The molecular formula is C20H42O. The lowest BCUT2D eigenvalue weighted by atomic mass is 9.86. The highest BCUT2D eigenvalue weighted by atomic mass is 16.3. The van der Waals surface area contributed by atoms with E-state index in [1.165, 1.54) is 77.0 Å². The molecule has 1 N–H and O–H groups in total. The Morgan fingerprint density at radius 3 is 1.24 bits per heavy atom. The van der Waals surface area contributed by atoms with Gasteiger partial charge < -0.3 is 5.11 Å². The van der Waals surface area contributed by atoms with Gasteiger partial charge in [0.2, 0.25) is 0 Å². The lowest BCUT2D eigenvalue weighted by Crippen LogP contribution is -2.28. The van der Waals surface area contributed by atoms with E-state index in [1.54, 1.807) is 0 Å². The maximum atomic E-state index is 10.8. The summed E-state index contributed by atoms with van der Waals surface area (Å²) >= 11 is 0. The van der Waals surface area contributed by atoms with Crippen LogP contribution >= 0.6 is 0 Å². The normalized spacial score (nSPS) is 12.0. The molecule has 1 nitrogen and oxygen atoms in total. The monoisotopic (exact) mass is 298 g/mol. The zero-order valence-corrected chi connectivity index (χ0v) is 15.3. The molecule has 128 valence electrons. The van der Waals surface area contributed by atoms with E-state index in [0.717, 1.165) is 25.7 Å². The number of rotatable bonds is 16. The molecule has 0 aromatic carbocycles. The summed E-state index contributed by atoms with van der Waals surface area (Å²) in [6, 6.07) is 0. The first kappa shape index (κ1) is 21.0. The molecule has 0 aliphatic heterocycles. The van der Waals surface area contributed by atoms with Crippen LogP contribution in [-0.4, -0.2) is 10.7 Å². The van der Waals surface area contributed by atoms with Gasteiger partial charge in [-0.3, -0.25) is 0 Å². The minimum Gasteiger partial charge on any atom is -0.390 e. The van der Waals surface area contributed by atoms with Crippen molar-refractivity contribution in [1.82, 2.24) is 0 Å². The Kier molecular flexibility index (Phi) is 14.9. The van der Waals surface area contributed by atoms with Crippen molar-refractivity contribution >= 4 is 0 Å². The summed E-state index contributed by atoms with van der Waals surface area (Å²) in [5.41, 5.74) is -0.357. The summed E-state index contributed by atoms with van der Waals surface area (Å²) in [4.78, 5) is 0. The van der Waals surface area contributed by atoms with Gasteiger partial charge in [-0.25, -0.2) is 0 Å². The number of unbranched alkanes of at least 4 members (excludes halogenated alkanes) is 10. The van der Waals surface area contributed by atoms with Gasteiger partial charge >= 0.3 is 0 Å². The fraction of sp³-hybridized carbons (Fsp3) is 1.00. The number of hydrogen-bond acceptors (Lipinski definition) is 1. The topological polar surface area (TPSA) is 20.2 Å². The molecule has 21 heavy (non-hydrogen) atoms. The molecule has 0 fully saturated rings. The van der Waals surface area contributed by atoms with Crippen LogP contribution in [0.15, 0.2) is 0 Å². The summed E-state index contributed by atoms with van der Waals surface area (Å²) < 4.78 is 0. The highest BCUT2D eigenvalue weighted by Gasteiger charge is 2.24. The van der Waals surface area contributed by atoms with Crippen LogP contribution in [0.5, 0.6) is 0 Å². The second-order valence-corrected chi connectivity index (χ2v) is 7.01. The second kappa shape index (κ2) is 14.9. The average Bonchev–Trinajstić information content (AvgIpc) is 2.47. The van der Waals surface area contributed by atoms with E-state index in [9.17, 15) is 5.11 Å². The van der Waals surface area contributed by atoms with Crippen LogP contribution in [0.25, 0.3) is 0 Å². The third-order valence-corrected chi connectivity index (χ3v) is 4.71. The Bertz CT molecular complexity index is 184. The molecular weight excluding hydrogens is 256 g/mol. The standard InChI is InChI=1S/C20H42O/c1-4-7-9-11-13-15-18-20(21,17-6-3)19-16-14-12-10-8-5-2/h21H,4-19H2,1-3H3. The van der Waals surface area contributed by atoms with Gasteiger partial charge in [0.1, 0.15) is 0 Å². The van der Waals surface area contributed by atoms with Crippen molar-refractivity contribution in [2.45, 2.75) is 129 Å². The average molecular weight is 299 g/mol. The fourth-order valence-corrected chi connectivity index (χ4v) is 3.31. The Morgan fingerprint density at radius 1 is 0.476 bits per heavy atom. The van der Waals surface area contributed by atoms with Crippen LogP contribution < -0.4 is 0 Å². The predicted molar refractivity (Wildman–Crippen MR) is 95.8 cm³/mol. The predicted octanol–water partition coefficient (Wildman–Crippen LogP) is 7.02. The van der Waals surface area contributed by atoms with E-state index in [0.29, 0.717) is 0 Å². The lowest BCUT2D eigenvalue weighted by molar-refractivity contribution is 0.00877. The minimum absolute atomic E-state index is 0.357. The van der Waals surface area contributed by atoms with E-state index in [-0.39, 0.29) is 5.60 Å². The van der Waals surface area contributed by atoms with Gasteiger partial charge in [0.15, 0.2) is 0 Å². The largest absolute Gasteiger partial charge is 0.390 e. The molecule has 1 heteroatoms. The maximum Gasteiger partial charge on any atom is 0.0647 e. The Balaban J connectivity index is 3.73. The minimum atomic E-state index is -0.357. The highest BCUT2D eigenvalue weighted by Crippen LogP contribution is 2.27. The first-order valence-corrected chi connectivity index (χ1v) is 9.91. The van der Waals surface area contributed by atoms with Gasteiger partial charge in [-0.2, -0.15) is 0 Å². The summed E-state index contributed by atoms with van der Waals surface area (Å²) in [5.74, 6) is 0. The van der Waals surface area contributed by atoms with Crippen molar-refractivity contribution in [2.75, 3.05) is 0 Å². The molecule has 0 saturated heterocycles. The van der Waals surface area contributed by atoms with Crippen molar-refractivity contribution in [2.24, 2.45) is 0 Å². The van der Waals surface area contributed by atoms with Crippen molar-refractivity contribution < 1.29 is 5.11 Å². The van der Waals surface area contributed by atoms with Crippen LogP contribution in [0.4, 0.5) is 0 Å². The number of aliphatic hydroxyl groups is 1. The van der Waals surface area contributed by atoms with Gasteiger partial charge in [-0.1, -0.05) is 104 Å². The van der Waals surface area contributed by atoms with Crippen LogP contribution in [0.1, 0.15) is 124 Å². The summed E-state index contributed by atoms with van der Waals surface area (Å²) in [6.45, 7) is 6.73. The summed E-state index contributed by atoms with van der Waals surface area (Å²) in [7, 11) is 0. The SMILES string of the molecule is CCCCCCCCC(O)(CCC)CCCCCCCC. The Labute approximate surface area is 134 Å². The zero-order chi connectivity index (χ0) is 15.8. The van der Waals surface area contributed by atoms with Crippen LogP contribution in [0, 0.1) is 0 Å². The van der Waals surface area contributed by atoms with Gasteiger partial charge in [-0.15, -0.1) is 0 Å². The van der Waals surface area contributed by atoms with E-state index >= 15 is 0 Å². The molecule has 0 radical (unpaired) electrons. The van der Waals surface area contributed by atoms with Crippen molar-refractivity contribution in [1.29, 1.82) is 0 Å². The molecule has 0 aliphatic rings. The molecule has 0 heterocycles. The van der Waals surface area contributed by atoms with Crippen LogP contribution in [0.2, 0.25) is 0 Å². The van der Waals surface area contributed by atoms with E-state index in [1.807, 2.05) is 0 Å². The molecule has 0 aromatic rings. The smallest absolute Gasteiger partial charge is 0.0647 e. The lowest BCUT2D eigenvalue weighted by Gasteiger charge is -2.28. The maximum absolute atomic E-state index is 10.8. The highest BCUT2D eigenvalue weighted by molar-refractivity contribution is 4.78. The zero-order valence-electron chi connectivity index (χ0n) is 15.3. The third-order valence-electron chi connectivity index (χ3n) is 4.71. The quantitative estimate of drug-likeness (QED) is 0.304. The summed E-state index contributed by atoms with van der Waals surface area (Å²) in [6.07, 6.45) is 20.1. The molecule has 0 saturated carbocycles. The van der Waals surface area contributed by atoms with Gasteiger partial charge in [-0.05, 0) is 19.3 Å². The third kappa shape index (κ3) is 13.4. The molecule has 0 spiro atoms. The van der Waals surface area contributed by atoms with Crippen molar-refractivity contribution in [3.05, 3.63) is 0 Å². The molecule has 0 aromatic heterocycles. The van der Waals surface area contributed by atoms with Gasteiger partial charge in [0.05, 0.1) is 5.60 Å².